The fourth-order valence-corrected chi connectivity index (χ4v) is 2.93. The van der Waals surface area contributed by atoms with Crippen molar-refractivity contribution in [3.05, 3.63) is 60.2 Å². The molecule has 1 saturated heterocycles. The van der Waals surface area contributed by atoms with E-state index in [9.17, 15) is 0 Å². The summed E-state index contributed by atoms with van der Waals surface area (Å²) >= 11 is 0. The van der Waals surface area contributed by atoms with Crippen LogP contribution >= 0.6 is 0 Å². The van der Waals surface area contributed by atoms with E-state index in [0.717, 1.165) is 43.6 Å². The topological polar surface area (TPSA) is 38.5 Å². The van der Waals surface area contributed by atoms with Crippen LogP contribution in [0.1, 0.15) is 18.4 Å². The van der Waals surface area contributed by atoms with Crippen LogP contribution in [0, 0.1) is 5.92 Å². The normalized spacial score (nSPS) is 16.6. The Kier molecular flexibility index (Phi) is 5.09. The Morgan fingerprint density at radius 1 is 0.909 bits per heavy atom. The third-order valence-electron chi connectivity index (χ3n) is 4.35. The molecule has 0 unspecified atom stereocenters. The second kappa shape index (κ2) is 7.43. The van der Waals surface area contributed by atoms with Crippen LogP contribution in [-0.4, -0.2) is 24.5 Å². The summed E-state index contributed by atoms with van der Waals surface area (Å²) in [6.07, 6.45) is 2.46. The van der Waals surface area contributed by atoms with Crippen molar-refractivity contribution in [2.75, 3.05) is 19.6 Å². The Morgan fingerprint density at radius 2 is 1.55 bits per heavy atom. The number of piperidine rings is 1. The number of nitrogens with two attached hydrogens (primary N) is 1. The zero-order chi connectivity index (χ0) is 15.2. The maximum Gasteiger partial charge on any atom is 0.127 e. The molecule has 0 radical (unpaired) electrons. The van der Waals surface area contributed by atoms with Gasteiger partial charge in [0.05, 0.1) is 0 Å². The molecule has 3 heteroatoms. The molecule has 0 aliphatic carbocycles. The van der Waals surface area contributed by atoms with E-state index < -0.39 is 0 Å². The first-order valence-corrected chi connectivity index (χ1v) is 8.08. The SMILES string of the molecule is NCC1CCN(Cc2ccc(Oc3ccccc3)cc2)CC1. The van der Waals surface area contributed by atoms with Crippen molar-refractivity contribution in [1.82, 2.24) is 4.90 Å². The standard InChI is InChI=1S/C19H24N2O/c20-14-16-10-12-21(13-11-16)15-17-6-8-19(9-7-17)22-18-4-2-1-3-5-18/h1-9,16H,10-15,20H2. The summed E-state index contributed by atoms with van der Waals surface area (Å²) in [6.45, 7) is 4.16. The van der Waals surface area contributed by atoms with E-state index in [1.807, 2.05) is 30.3 Å². The Balaban J connectivity index is 1.53. The molecule has 1 fully saturated rings. The Morgan fingerprint density at radius 3 is 2.18 bits per heavy atom. The van der Waals surface area contributed by atoms with Crippen LogP contribution in [0.15, 0.2) is 54.6 Å². The van der Waals surface area contributed by atoms with Crippen LogP contribution in [0.2, 0.25) is 0 Å². The van der Waals surface area contributed by atoms with Crippen LogP contribution in [0.5, 0.6) is 11.5 Å². The molecule has 0 atom stereocenters. The molecule has 22 heavy (non-hydrogen) atoms. The molecular formula is C19H24N2O. The van der Waals surface area contributed by atoms with Crippen molar-refractivity contribution >= 4 is 0 Å². The second-order valence-electron chi connectivity index (χ2n) is 6.01. The van der Waals surface area contributed by atoms with Gasteiger partial charge in [-0.25, -0.2) is 0 Å². The van der Waals surface area contributed by atoms with Crippen molar-refractivity contribution in [2.45, 2.75) is 19.4 Å². The van der Waals surface area contributed by atoms with E-state index in [2.05, 4.69) is 29.2 Å². The maximum absolute atomic E-state index is 5.82. The van der Waals surface area contributed by atoms with Gasteiger partial charge in [-0.1, -0.05) is 30.3 Å². The number of hydrogen-bond donors (Lipinski definition) is 1. The second-order valence-corrected chi connectivity index (χ2v) is 6.01. The molecule has 116 valence electrons. The summed E-state index contributed by atoms with van der Waals surface area (Å²) in [4.78, 5) is 2.51. The highest BCUT2D eigenvalue weighted by Crippen LogP contribution is 2.22. The number of hydrogen-bond acceptors (Lipinski definition) is 3. The molecule has 0 amide bonds. The van der Waals surface area contributed by atoms with Gasteiger partial charge in [0.25, 0.3) is 0 Å². The van der Waals surface area contributed by atoms with Gasteiger partial charge in [0.15, 0.2) is 0 Å². The Hall–Kier alpha value is -1.84. The molecule has 0 saturated carbocycles. The van der Waals surface area contributed by atoms with Crippen molar-refractivity contribution in [1.29, 1.82) is 0 Å². The molecule has 0 bridgehead atoms. The highest BCUT2D eigenvalue weighted by atomic mass is 16.5. The summed E-state index contributed by atoms with van der Waals surface area (Å²) in [5, 5.41) is 0. The van der Waals surface area contributed by atoms with Crippen LogP contribution in [-0.2, 0) is 6.54 Å². The molecule has 0 spiro atoms. The number of ether oxygens (including phenoxy) is 1. The van der Waals surface area contributed by atoms with Gasteiger partial charge in [-0.2, -0.15) is 0 Å². The predicted octanol–water partition coefficient (Wildman–Crippen LogP) is 3.65. The first-order valence-electron chi connectivity index (χ1n) is 8.08. The average molecular weight is 296 g/mol. The number of rotatable bonds is 5. The highest BCUT2D eigenvalue weighted by Gasteiger charge is 2.17. The van der Waals surface area contributed by atoms with Gasteiger partial charge in [0.1, 0.15) is 11.5 Å². The molecular weight excluding hydrogens is 272 g/mol. The fourth-order valence-electron chi connectivity index (χ4n) is 2.93. The van der Waals surface area contributed by atoms with Crippen LogP contribution < -0.4 is 10.5 Å². The van der Waals surface area contributed by atoms with E-state index in [-0.39, 0.29) is 0 Å². The van der Waals surface area contributed by atoms with Crippen molar-refractivity contribution < 1.29 is 4.74 Å². The van der Waals surface area contributed by atoms with Crippen molar-refractivity contribution in [3.63, 3.8) is 0 Å². The van der Waals surface area contributed by atoms with E-state index >= 15 is 0 Å². The molecule has 1 heterocycles. The Bertz CT molecular complexity index is 560. The minimum atomic E-state index is 0.720. The van der Waals surface area contributed by atoms with E-state index in [4.69, 9.17) is 10.5 Å². The first-order chi connectivity index (χ1) is 10.8. The van der Waals surface area contributed by atoms with E-state index in [0.29, 0.717) is 0 Å². The summed E-state index contributed by atoms with van der Waals surface area (Å²) in [5.74, 6) is 2.48. The molecule has 1 aliphatic heterocycles. The lowest BCUT2D eigenvalue weighted by Crippen LogP contribution is -2.35. The minimum absolute atomic E-state index is 0.720. The van der Waals surface area contributed by atoms with Crippen LogP contribution in [0.4, 0.5) is 0 Å². The smallest absolute Gasteiger partial charge is 0.127 e. The molecule has 0 aromatic heterocycles. The maximum atomic E-state index is 5.82. The number of benzene rings is 2. The molecule has 2 aromatic rings. The van der Waals surface area contributed by atoms with Gasteiger partial charge in [-0.15, -0.1) is 0 Å². The summed E-state index contributed by atoms with van der Waals surface area (Å²) in [5.41, 5.74) is 7.09. The number of likely N-dealkylation sites (tertiary alicyclic amines) is 1. The molecule has 2 aromatic carbocycles. The van der Waals surface area contributed by atoms with Gasteiger partial charge < -0.3 is 10.5 Å². The van der Waals surface area contributed by atoms with E-state index in [1.54, 1.807) is 0 Å². The van der Waals surface area contributed by atoms with E-state index in [1.165, 1.54) is 18.4 Å². The zero-order valence-corrected chi connectivity index (χ0v) is 12.9. The lowest BCUT2D eigenvalue weighted by molar-refractivity contribution is 0.180. The van der Waals surface area contributed by atoms with Gasteiger partial charge in [0, 0.05) is 6.54 Å². The fraction of sp³-hybridized carbons (Fsp3) is 0.368. The Labute approximate surface area is 132 Å². The van der Waals surface area contributed by atoms with Crippen molar-refractivity contribution in [3.8, 4) is 11.5 Å². The largest absolute Gasteiger partial charge is 0.457 e. The molecule has 2 N–H and O–H groups in total. The van der Waals surface area contributed by atoms with Gasteiger partial charge >= 0.3 is 0 Å². The summed E-state index contributed by atoms with van der Waals surface area (Å²) in [7, 11) is 0. The summed E-state index contributed by atoms with van der Waals surface area (Å²) in [6, 6.07) is 18.3. The zero-order valence-electron chi connectivity index (χ0n) is 12.9. The minimum Gasteiger partial charge on any atom is -0.457 e. The first kappa shape index (κ1) is 15.1. The lowest BCUT2D eigenvalue weighted by Gasteiger charge is -2.31. The highest BCUT2D eigenvalue weighted by molar-refractivity contribution is 5.32. The molecule has 1 aliphatic rings. The van der Waals surface area contributed by atoms with Crippen molar-refractivity contribution in [2.24, 2.45) is 11.7 Å². The number of para-hydroxylation sites is 1. The average Bonchev–Trinajstić information content (AvgIpc) is 2.58. The van der Waals surface area contributed by atoms with Crippen LogP contribution in [0.25, 0.3) is 0 Å². The molecule has 3 nitrogen and oxygen atoms in total. The number of nitrogens with zero attached hydrogens (tertiary/aromatic N) is 1. The summed E-state index contributed by atoms with van der Waals surface area (Å²) < 4.78 is 5.82. The van der Waals surface area contributed by atoms with Gasteiger partial charge in [-0.3, -0.25) is 4.90 Å². The third kappa shape index (κ3) is 4.09. The lowest BCUT2D eigenvalue weighted by atomic mass is 9.97. The predicted molar refractivity (Wildman–Crippen MR) is 90.0 cm³/mol. The quantitative estimate of drug-likeness (QED) is 0.915. The van der Waals surface area contributed by atoms with Crippen LogP contribution in [0.3, 0.4) is 0 Å². The monoisotopic (exact) mass is 296 g/mol. The third-order valence-corrected chi connectivity index (χ3v) is 4.35. The van der Waals surface area contributed by atoms with Gasteiger partial charge in [-0.05, 0) is 68.2 Å². The van der Waals surface area contributed by atoms with Gasteiger partial charge in [0.2, 0.25) is 0 Å². The molecule has 3 rings (SSSR count).